The van der Waals surface area contributed by atoms with Gasteiger partial charge in [-0.3, -0.25) is 0 Å². The van der Waals surface area contributed by atoms with Crippen LogP contribution < -0.4 is 11.1 Å². The van der Waals surface area contributed by atoms with Crippen LogP contribution in [0, 0.1) is 12.7 Å². The molecule has 2 rings (SSSR count). The molecule has 0 fully saturated rings. The van der Waals surface area contributed by atoms with Crippen molar-refractivity contribution in [3.63, 3.8) is 0 Å². The van der Waals surface area contributed by atoms with Gasteiger partial charge in [-0.05, 0) is 43.0 Å². The SMILES string of the molecule is CSc1cccc(Nc2ccc(C)c(F)c2)c1C(N)=S. The highest BCUT2D eigenvalue weighted by Crippen LogP contribution is 2.29. The Bertz CT molecular complexity index is 656. The molecule has 5 heteroatoms. The molecule has 2 aromatic carbocycles. The number of anilines is 2. The maximum absolute atomic E-state index is 13.6. The molecule has 0 bridgehead atoms. The van der Waals surface area contributed by atoms with Crippen molar-refractivity contribution in [2.75, 3.05) is 11.6 Å². The third-order valence-electron chi connectivity index (χ3n) is 2.94. The predicted octanol–water partition coefficient (Wildman–Crippen LogP) is 4.23. The Hall–Kier alpha value is -1.59. The van der Waals surface area contributed by atoms with Gasteiger partial charge in [0.2, 0.25) is 0 Å². The number of hydrogen-bond acceptors (Lipinski definition) is 3. The van der Waals surface area contributed by atoms with Crippen molar-refractivity contribution in [3.8, 4) is 0 Å². The lowest BCUT2D eigenvalue weighted by molar-refractivity contribution is 0.619. The topological polar surface area (TPSA) is 38.0 Å². The average molecular weight is 306 g/mol. The summed E-state index contributed by atoms with van der Waals surface area (Å²) in [6, 6.07) is 10.8. The standard InChI is InChI=1S/C15H15FN2S2/c1-9-6-7-10(8-11(9)16)18-12-4-3-5-13(20-2)14(12)15(17)19/h3-8,18H,1-2H3,(H2,17,19). The van der Waals surface area contributed by atoms with E-state index in [1.165, 1.54) is 6.07 Å². The fourth-order valence-corrected chi connectivity index (χ4v) is 2.81. The number of benzene rings is 2. The number of nitrogens with two attached hydrogens (primary N) is 1. The molecule has 3 N–H and O–H groups in total. The molecular formula is C15H15FN2S2. The predicted molar refractivity (Wildman–Crippen MR) is 88.5 cm³/mol. The minimum absolute atomic E-state index is 0.243. The van der Waals surface area contributed by atoms with Crippen LogP contribution >= 0.6 is 24.0 Å². The van der Waals surface area contributed by atoms with Crippen LogP contribution in [-0.2, 0) is 0 Å². The van der Waals surface area contributed by atoms with Gasteiger partial charge in [0, 0.05) is 21.8 Å². The molecule has 0 saturated carbocycles. The summed E-state index contributed by atoms with van der Waals surface area (Å²) in [7, 11) is 0. The number of halogens is 1. The molecule has 0 unspecified atom stereocenters. The first-order valence-electron chi connectivity index (χ1n) is 6.03. The molecule has 2 nitrogen and oxygen atoms in total. The van der Waals surface area contributed by atoms with Crippen molar-refractivity contribution < 1.29 is 4.39 Å². The third kappa shape index (κ3) is 3.11. The van der Waals surface area contributed by atoms with Gasteiger partial charge in [0.05, 0.1) is 0 Å². The van der Waals surface area contributed by atoms with E-state index < -0.39 is 0 Å². The van der Waals surface area contributed by atoms with Crippen LogP contribution in [0.4, 0.5) is 15.8 Å². The van der Waals surface area contributed by atoms with Gasteiger partial charge in [-0.15, -0.1) is 11.8 Å². The van der Waals surface area contributed by atoms with E-state index in [0.29, 0.717) is 16.2 Å². The quantitative estimate of drug-likeness (QED) is 0.655. The maximum Gasteiger partial charge on any atom is 0.128 e. The van der Waals surface area contributed by atoms with Crippen molar-refractivity contribution in [2.45, 2.75) is 11.8 Å². The third-order valence-corrected chi connectivity index (χ3v) is 3.93. The Morgan fingerprint density at radius 2 is 2.05 bits per heavy atom. The summed E-state index contributed by atoms with van der Waals surface area (Å²) < 4.78 is 13.6. The Morgan fingerprint density at radius 3 is 2.65 bits per heavy atom. The molecule has 0 aliphatic heterocycles. The minimum Gasteiger partial charge on any atom is -0.389 e. The van der Waals surface area contributed by atoms with E-state index >= 15 is 0 Å². The van der Waals surface area contributed by atoms with Crippen molar-refractivity contribution >= 4 is 40.3 Å². The van der Waals surface area contributed by atoms with Crippen molar-refractivity contribution in [2.24, 2.45) is 5.73 Å². The monoisotopic (exact) mass is 306 g/mol. The van der Waals surface area contributed by atoms with E-state index in [4.69, 9.17) is 18.0 Å². The van der Waals surface area contributed by atoms with Gasteiger partial charge in [0.25, 0.3) is 0 Å². The number of rotatable bonds is 4. The van der Waals surface area contributed by atoms with Gasteiger partial charge in [0.1, 0.15) is 10.8 Å². The number of nitrogens with one attached hydrogen (secondary N) is 1. The van der Waals surface area contributed by atoms with Crippen LogP contribution in [0.2, 0.25) is 0 Å². The van der Waals surface area contributed by atoms with E-state index in [0.717, 1.165) is 16.1 Å². The fraction of sp³-hybridized carbons (Fsp3) is 0.133. The summed E-state index contributed by atoms with van der Waals surface area (Å²) in [5.74, 6) is -0.243. The number of thiocarbonyl (C=S) groups is 1. The molecule has 0 heterocycles. The van der Waals surface area contributed by atoms with E-state index in [2.05, 4.69) is 5.32 Å². The molecule has 0 aromatic heterocycles. The Kier molecular flexibility index (Phi) is 4.62. The second-order valence-corrected chi connectivity index (χ2v) is 5.62. The Morgan fingerprint density at radius 1 is 1.30 bits per heavy atom. The number of aryl methyl sites for hydroxylation is 1. The summed E-state index contributed by atoms with van der Waals surface area (Å²) in [6.45, 7) is 1.73. The maximum atomic E-state index is 13.6. The van der Waals surface area contributed by atoms with Gasteiger partial charge in [-0.25, -0.2) is 4.39 Å². The highest BCUT2D eigenvalue weighted by Gasteiger charge is 2.11. The minimum atomic E-state index is -0.243. The summed E-state index contributed by atoms with van der Waals surface area (Å²) in [5, 5.41) is 3.18. The van der Waals surface area contributed by atoms with Crippen LogP contribution in [0.15, 0.2) is 41.3 Å². The summed E-state index contributed by atoms with van der Waals surface area (Å²) in [4.78, 5) is 1.32. The van der Waals surface area contributed by atoms with Crippen LogP contribution in [0.25, 0.3) is 0 Å². The molecule has 0 aliphatic rings. The zero-order chi connectivity index (χ0) is 14.7. The molecular weight excluding hydrogens is 291 g/mol. The fourth-order valence-electron chi connectivity index (χ4n) is 1.89. The second kappa shape index (κ2) is 6.24. The van der Waals surface area contributed by atoms with E-state index in [9.17, 15) is 4.39 Å². The number of thioether (sulfide) groups is 1. The van der Waals surface area contributed by atoms with Gasteiger partial charge in [-0.1, -0.05) is 24.4 Å². The summed E-state index contributed by atoms with van der Waals surface area (Å²) in [5.41, 5.74) is 8.66. The van der Waals surface area contributed by atoms with E-state index in [1.807, 2.05) is 30.5 Å². The van der Waals surface area contributed by atoms with Crippen LogP contribution in [-0.4, -0.2) is 11.2 Å². The van der Waals surface area contributed by atoms with Gasteiger partial charge < -0.3 is 11.1 Å². The normalized spacial score (nSPS) is 10.3. The molecule has 0 amide bonds. The first kappa shape index (κ1) is 14.8. The second-order valence-electron chi connectivity index (χ2n) is 4.34. The van der Waals surface area contributed by atoms with Gasteiger partial charge in [0.15, 0.2) is 0 Å². The molecule has 20 heavy (non-hydrogen) atoms. The zero-order valence-corrected chi connectivity index (χ0v) is 12.9. The molecule has 0 aliphatic carbocycles. The molecule has 2 aromatic rings. The lowest BCUT2D eigenvalue weighted by Crippen LogP contribution is -2.13. The summed E-state index contributed by atoms with van der Waals surface area (Å²) in [6.07, 6.45) is 1.96. The summed E-state index contributed by atoms with van der Waals surface area (Å²) >= 11 is 6.69. The zero-order valence-electron chi connectivity index (χ0n) is 11.2. The van der Waals surface area contributed by atoms with Crippen molar-refractivity contribution in [1.29, 1.82) is 0 Å². The smallest absolute Gasteiger partial charge is 0.128 e. The molecule has 0 atom stereocenters. The number of hydrogen-bond donors (Lipinski definition) is 2. The van der Waals surface area contributed by atoms with Gasteiger partial charge >= 0.3 is 0 Å². The molecule has 0 spiro atoms. The molecule has 0 radical (unpaired) electrons. The highest BCUT2D eigenvalue weighted by molar-refractivity contribution is 7.98. The average Bonchev–Trinajstić information content (AvgIpc) is 2.42. The molecule has 0 saturated heterocycles. The first-order chi connectivity index (χ1) is 9.52. The van der Waals surface area contributed by atoms with Crippen molar-refractivity contribution in [3.05, 3.63) is 53.3 Å². The highest BCUT2D eigenvalue weighted by atomic mass is 32.2. The van der Waals surface area contributed by atoms with Crippen LogP contribution in [0.3, 0.4) is 0 Å². The van der Waals surface area contributed by atoms with E-state index in [-0.39, 0.29) is 5.82 Å². The lowest BCUT2D eigenvalue weighted by atomic mass is 10.1. The van der Waals surface area contributed by atoms with E-state index in [1.54, 1.807) is 24.8 Å². The van der Waals surface area contributed by atoms with Crippen LogP contribution in [0.1, 0.15) is 11.1 Å². The van der Waals surface area contributed by atoms with Crippen molar-refractivity contribution in [1.82, 2.24) is 0 Å². The Balaban J connectivity index is 2.42. The Labute approximate surface area is 127 Å². The lowest BCUT2D eigenvalue weighted by Gasteiger charge is -2.14. The van der Waals surface area contributed by atoms with Gasteiger partial charge in [-0.2, -0.15) is 0 Å². The largest absolute Gasteiger partial charge is 0.389 e. The molecule has 104 valence electrons. The van der Waals surface area contributed by atoms with Crippen LogP contribution in [0.5, 0.6) is 0 Å². The first-order valence-corrected chi connectivity index (χ1v) is 7.66.